The average Bonchev–Trinajstić information content (AvgIpc) is 2.46. The van der Waals surface area contributed by atoms with Crippen LogP contribution in [0.1, 0.15) is 22.8 Å². The van der Waals surface area contributed by atoms with Crippen molar-refractivity contribution in [2.24, 2.45) is 0 Å². The number of halogens is 1. The first-order chi connectivity index (χ1) is 9.66. The molecule has 0 amide bonds. The number of carbonyl (C=O) groups excluding carboxylic acids is 1. The lowest BCUT2D eigenvalue weighted by atomic mass is 10.1. The van der Waals surface area contributed by atoms with E-state index in [1.54, 1.807) is 0 Å². The molecule has 0 aromatic heterocycles. The summed E-state index contributed by atoms with van der Waals surface area (Å²) in [6, 6.07) is 13.6. The summed E-state index contributed by atoms with van der Waals surface area (Å²) in [5.74, 6) is 5.08. The van der Waals surface area contributed by atoms with E-state index in [1.165, 1.54) is 25.1 Å². The standard InChI is InChI=1S/C17H13FO2/c1-13(19)15-9-10-17(16(18)12-15)20-11-5-8-14-6-3-2-4-7-14/h2-4,6-7,9-10,12H,11H2,1H3. The Morgan fingerprint density at radius 3 is 2.60 bits per heavy atom. The Morgan fingerprint density at radius 2 is 1.95 bits per heavy atom. The number of hydrogen-bond acceptors (Lipinski definition) is 2. The van der Waals surface area contributed by atoms with Gasteiger partial charge in [0, 0.05) is 11.1 Å². The zero-order valence-electron chi connectivity index (χ0n) is 11.0. The number of carbonyl (C=O) groups is 1. The molecule has 0 fully saturated rings. The lowest BCUT2D eigenvalue weighted by Gasteiger charge is -2.04. The van der Waals surface area contributed by atoms with Gasteiger partial charge in [-0.25, -0.2) is 4.39 Å². The minimum atomic E-state index is -0.556. The van der Waals surface area contributed by atoms with E-state index < -0.39 is 5.82 Å². The molecule has 0 radical (unpaired) electrons. The van der Waals surface area contributed by atoms with E-state index in [-0.39, 0.29) is 18.1 Å². The van der Waals surface area contributed by atoms with Crippen LogP contribution in [0.15, 0.2) is 48.5 Å². The van der Waals surface area contributed by atoms with Crippen molar-refractivity contribution in [3.05, 3.63) is 65.5 Å². The molecule has 20 heavy (non-hydrogen) atoms. The SMILES string of the molecule is CC(=O)c1ccc(OCC#Cc2ccccc2)c(F)c1. The van der Waals surface area contributed by atoms with Crippen molar-refractivity contribution < 1.29 is 13.9 Å². The number of hydrogen-bond donors (Lipinski definition) is 0. The largest absolute Gasteiger partial charge is 0.478 e. The monoisotopic (exact) mass is 268 g/mol. The Balaban J connectivity index is 1.98. The summed E-state index contributed by atoms with van der Waals surface area (Å²) in [5.41, 5.74) is 1.20. The Hall–Kier alpha value is -2.60. The molecule has 0 aliphatic carbocycles. The van der Waals surface area contributed by atoms with Gasteiger partial charge in [0.1, 0.15) is 6.61 Å². The molecule has 2 rings (SSSR count). The lowest BCUT2D eigenvalue weighted by molar-refractivity contribution is 0.101. The molecule has 3 heteroatoms. The fourth-order valence-corrected chi connectivity index (χ4v) is 1.61. The Bertz CT molecular complexity index is 666. The van der Waals surface area contributed by atoms with E-state index in [0.29, 0.717) is 5.56 Å². The third kappa shape index (κ3) is 3.69. The van der Waals surface area contributed by atoms with Gasteiger partial charge in [-0.1, -0.05) is 30.0 Å². The maximum absolute atomic E-state index is 13.6. The van der Waals surface area contributed by atoms with Crippen LogP contribution >= 0.6 is 0 Å². The first-order valence-electron chi connectivity index (χ1n) is 6.14. The third-order valence-corrected chi connectivity index (χ3v) is 2.64. The first kappa shape index (κ1) is 13.8. The topological polar surface area (TPSA) is 26.3 Å². The molecule has 0 aliphatic heterocycles. The highest BCUT2D eigenvalue weighted by atomic mass is 19.1. The van der Waals surface area contributed by atoms with Gasteiger partial charge in [-0.05, 0) is 37.3 Å². The van der Waals surface area contributed by atoms with Crippen LogP contribution < -0.4 is 4.74 Å². The molecule has 2 aromatic rings. The highest BCUT2D eigenvalue weighted by molar-refractivity contribution is 5.94. The summed E-state index contributed by atoms with van der Waals surface area (Å²) in [6.45, 7) is 1.48. The van der Waals surface area contributed by atoms with Gasteiger partial charge in [0.05, 0.1) is 0 Å². The fraction of sp³-hybridized carbons (Fsp3) is 0.118. The van der Waals surface area contributed by atoms with E-state index in [1.807, 2.05) is 30.3 Å². The van der Waals surface area contributed by atoms with Gasteiger partial charge in [-0.3, -0.25) is 4.79 Å². The van der Waals surface area contributed by atoms with Crippen molar-refractivity contribution in [2.45, 2.75) is 6.92 Å². The zero-order valence-corrected chi connectivity index (χ0v) is 11.0. The Labute approximate surface area is 117 Å². The van der Waals surface area contributed by atoms with Crippen LogP contribution in [0.5, 0.6) is 5.75 Å². The average molecular weight is 268 g/mol. The molecule has 100 valence electrons. The van der Waals surface area contributed by atoms with Crippen LogP contribution in [0.4, 0.5) is 4.39 Å². The number of rotatable bonds is 3. The van der Waals surface area contributed by atoms with Gasteiger partial charge in [0.2, 0.25) is 0 Å². The molecule has 0 heterocycles. The van der Waals surface area contributed by atoms with Gasteiger partial charge in [0.25, 0.3) is 0 Å². The molecule has 0 aliphatic rings. The smallest absolute Gasteiger partial charge is 0.165 e. The normalized spacial score (nSPS) is 9.50. The van der Waals surface area contributed by atoms with E-state index in [0.717, 1.165) is 5.56 Å². The van der Waals surface area contributed by atoms with Crippen LogP contribution in [-0.4, -0.2) is 12.4 Å². The minimum Gasteiger partial charge on any atom is -0.478 e. The quantitative estimate of drug-likeness (QED) is 0.629. The summed E-state index contributed by atoms with van der Waals surface area (Å²) >= 11 is 0. The summed E-state index contributed by atoms with van der Waals surface area (Å²) < 4.78 is 18.9. The van der Waals surface area contributed by atoms with Crippen LogP contribution in [0, 0.1) is 17.7 Å². The van der Waals surface area contributed by atoms with Gasteiger partial charge in [-0.15, -0.1) is 0 Å². The molecule has 0 N–H and O–H groups in total. The molecule has 2 nitrogen and oxygen atoms in total. The van der Waals surface area contributed by atoms with Crippen molar-refractivity contribution in [2.75, 3.05) is 6.61 Å². The number of benzene rings is 2. The minimum absolute atomic E-state index is 0.0885. The molecule has 0 atom stereocenters. The Morgan fingerprint density at radius 1 is 1.20 bits per heavy atom. The summed E-state index contributed by atoms with van der Waals surface area (Å²) in [7, 11) is 0. The fourth-order valence-electron chi connectivity index (χ4n) is 1.61. The van der Waals surface area contributed by atoms with Gasteiger partial charge < -0.3 is 4.74 Å². The van der Waals surface area contributed by atoms with E-state index in [4.69, 9.17) is 4.74 Å². The van der Waals surface area contributed by atoms with Crippen molar-refractivity contribution >= 4 is 5.78 Å². The molecule has 0 spiro atoms. The maximum atomic E-state index is 13.6. The van der Waals surface area contributed by atoms with Crippen molar-refractivity contribution in [3.63, 3.8) is 0 Å². The van der Waals surface area contributed by atoms with Crippen molar-refractivity contribution in [1.82, 2.24) is 0 Å². The maximum Gasteiger partial charge on any atom is 0.165 e. The van der Waals surface area contributed by atoms with Crippen molar-refractivity contribution in [3.8, 4) is 17.6 Å². The zero-order chi connectivity index (χ0) is 14.4. The third-order valence-electron chi connectivity index (χ3n) is 2.64. The van der Waals surface area contributed by atoms with Crippen LogP contribution in [-0.2, 0) is 0 Å². The second kappa shape index (κ2) is 6.53. The van der Waals surface area contributed by atoms with Gasteiger partial charge >= 0.3 is 0 Å². The Kier molecular flexibility index (Phi) is 4.52. The number of ketones is 1. The summed E-state index contributed by atoms with van der Waals surface area (Å²) in [5, 5.41) is 0. The summed E-state index contributed by atoms with van der Waals surface area (Å²) in [4.78, 5) is 11.1. The summed E-state index contributed by atoms with van der Waals surface area (Å²) in [6.07, 6.45) is 0. The second-order valence-corrected chi connectivity index (χ2v) is 4.16. The number of ether oxygens (including phenoxy) is 1. The predicted octanol–water partition coefficient (Wildman–Crippen LogP) is 3.46. The predicted molar refractivity (Wildman–Crippen MR) is 75.2 cm³/mol. The van der Waals surface area contributed by atoms with E-state index in [9.17, 15) is 9.18 Å². The highest BCUT2D eigenvalue weighted by Crippen LogP contribution is 2.18. The molecular weight excluding hydrogens is 255 g/mol. The first-order valence-corrected chi connectivity index (χ1v) is 6.14. The van der Waals surface area contributed by atoms with E-state index >= 15 is 0 Å². The van der Waals surface area contributed by atoms with Crippen LogP contribution in [0.2, 0.25) is 0 Å². The van der Waals surface area contributed by atoms with Gasteiger partial charge in [0.15, 0.2) is 17.3 Å². The molecular formula is C17H13FO2. The highest BCUT2D eigenvalue weighted by Gasteiger charge is 2.06. The van der Waals surface area contributed by atoms with Crippen molar-refractivity contribution in [1.29, 1.82) is 0 Å². The molecule has 0 unspecified atom stereocenters. The molecule has 0 saturated heterocycles. The van der Waals surface area contributed by atoms with E-state index in [2.05, 4.69) is 11.8 Å². The molecule has 2 aromatic carbocycles. The lowest BCUT2D eigenvalue weighted by Crippen LogP contribution is -1.99. The number of Topliss-reactive ketones (excluding diaryl/α,β-unsaturated/α-hetero) is 1. The van der Waals surface area contributed by atoms with Gasteiger partial charge in [-0.2, -0.15) is 0 Å². The molecule has 0 saturated carbocycles. The van der Waals surface area contributed by atoms with Crippen LogP contribution in [0.25, 0.3) is 0 Å². The second-order valence-electron chi connectivity index (χ2n) is 4.16. The van der Waals surface area contributed by atoms with Crippen LogP contribution in [0.3, 0.4) is 0 Å². The molecule has 0 bridgehead atoms.